The first kappa shape index (κ1) is 17.2. The predicted octanol–water partition coefficient (Wildman–Crippen LogP) is -2.75. The minimum atomic E-state index is -1.63. The maximum absolute atomic E-state index is 9.48. The summed E-state index contributed by atoms with van der Waals surface area (Å²) in [5.74, 6) is -3.80. The van der Waals surface area contributed by atoms with Crippen LogP contribution in [0.5, 0.6) is 0 Å². The van der Waals surface area contributed by atoms with Gasteiger partial charge in [0.1, 0.15) is 5.97 Å². The molecule has 0 saturated carbocycles. The first-order valence-electron chi connectivity index (χ1n) is 2.47. The number of carbonyl (C=O) groups is 3. The Labute approximate surface area is 81.8 Å². The Hall–Kier alpha value is -1.03. The molecule has 0 aromatic carbocycles. The van der Waals surface area contributed by atoms with E-state index in [1.54, 1.807) is 0 Å². The van der Waals surface area contributed by atoms with Crippen molar-refractivity contribution in [3.8, 4) is 0 Å². The van der Waals surface area contributed by atoms with Crippen LogP contribution in [0.3, 0.4) is 0 Å². The maximum atomic E-state index is 9.48. The van der Waals surface area contributed by atoms with Gasteiger partial charge in [0.15, 0.2) is 5.78 Å². The second kappa shape index (κ2) is 9.97. The summed E-state index contributed by atoms with van der Waals surface area (Å²) in [5.41, 5.74) is 0. The van der Waals surface area contributed by atoms with Gasteiger partial charge in [0, 0.05) is 6.92 Å². The van der Waals surface area contributed by atoms with Crippen molar-refractivity contribution < 1.29 is 44.1 Å². The molecule has 0 spiro atoms. The van der Waals surface area contributed by atoms with Gasteiger partial charge in [0.05, 0.1) is 5.97 Å². The summed E-state index contributed by atoms with van der Waals surface area (Å²) in [6, 6.07) is 0. The van der Waals surface area contributed by atoms with Crippen LogP contribution in [0.4, 0.5) is 0 Å². The van der Waals surface area contributed by atoms with E-state index < -0.39 is 17.7 Å². The van der Waals surface area contributed by atoms with Crippen LogP contribution in [0, 0.1) is 0 Å². The third-order valence-corrected chi connectivity index (χ3v) is 0.454. The molecule has 0 bridgehead atoms. The average molecular weight is 223 g/mol. The molecule has 0 N–H and O–H groups in total. The second-order valence-corrected chi connectivity index (χ2v) is 1.37. The Morgan fingerprint density at radius 2 is 1.42 bits per heavy atom. The van der Waals surface area contributed by atoms with Crippen molar-refractivity contribution in [2.45, 2.75) is 6.92 Å². The number of hydrogen-bond acceptors (Lipinski definition) is 5. The average Bonchev–Trinajstić information content (AvgIpc) is 1.89. The van der Waals surface area contributed by atoms with E-state index >= 15 is 0 Å². The molecule has 62 valence electrons. The zero-order valence-electron chi connectivity index (χ0n) is 6.53. The molecule has 0 aromatic heterocycles. The monoisotopic (exact) mass is 222 g/mol. The summed E-state index contributed by atoms with van der Waals surface area (Å²) in [5, 5.41) is 18.4. The van der Waals surface area contributed by atoms with Gasteiger partial charge in [0.25, 0.3) is 0 Å². The van der Waals surface area contributed by atoms with Gasteiger partial charge < -0.3 is 19.8 Å². The minimum Gasteiger partial charge on any atom is -0.545 e. The molecule has 5 nitrogen and oxygen atoms in total. The van der Waals surface area contributed by atoms with Gasteiger partial charge in [-0.1, -0.05) is 6.58 Å². The van der Waals surface area contributed by atoms with Crippen LogP contribution >= 0.6 is 0 Å². The molecule has 0 aliphatic heterocycles. The van der Waals surface area contributed by atoms with Gasteiger partial charge in [-0.25, -0.2) is 0 Å². The summed E-state index contributed by atoms with van der Waals surface area (Å²) in [7, 11) is 0. The van der Waals surface area contributed by atoms with Crippen LogP contribution in [0.2, 0.25) is 0 Å². The Morgan fingerprint density at radius 3 is 1.42 bits per heavy atom. The first-order chi connectivity index (χ1) is 4.91. The van der Waals surface area contributed by atoms with E-state index in [0.717, 1.165) is 13.0 Å². The second-order valence-electron chi connectivity index (χ2n) is 1.37. The van der Waals surface area contributed by atoms with E-state index in [9.17, 15) is 14.7 Å². The molecule has 0 atom stereocenters. The van der Waals surface area contributed by atoms with Crippen molar-refractivity contribution in [3.05, 3.63) is 12.7 Å². The SMILES string of the molecule is C=CC(=O)[O-].CC(=O)C(=O)[O-].[Zn+2]. The normalized spacial score (nSPS) is 6.42. The number of carboxylic acid groups (broad SMARTS) is 2. The zero-order chi connectivity index (χ0) is 9.44. The standard InChI is InChI=1S/C3H4O3.C3H4O2.Zn/c1-2(4)3(5)6;1-2-3(4)5;/h1H3,(H,5,6);2H,1H2,(H,4,5);/q;;+2/p-2. The van der Waals surface area contributed by atoms with Crippen molar-refractivity contribution >= 4 is 17.7 Å². The molecule has 0 aliphatic rings. The molecule has 0 amide bonds. The van der Waals surface area contributed by atoms with Crippen LogP contribution in [0.25, 0.3) is 0 Å². The Bertz CT molecular complexity index is 174. The fourth-order valence-electron chi connectivity index (χ4n) is 0. The summed E-state index contributed by atoms with van der Waals surface area (Å²) in [6.07, 6.45) is 0.722. The third-order valence-electron chi connectivity index (χ3n) is 0.454. The molecule has 12 heavy (non-hydrogen) atoms. The number of hydrogen-bond donors (Lipinski definition) is 0. The summed E-state index contributed by atoms with van der Waals surface area (Å²) in [6.45, 7) is 3.84. The van der Waals surface area contributed by atoms with Gasteiger partial charge in [-0.15, -0.1) is 0 Å². The molecule has 0 radical (unpaired) electrons. The molecule has 0 rings (SSSR count). The number of Topliss-reactive ketones (excluding diaryl/α,β-unsaturated/α-hetero) is 1. The molecule has 0 aliphatic carbocycles. The fourth-order valence-corrected chi connectivity index (χ4v) is 0. The molecule has 6 heteroatoms. The number of carboxylic acids is 2. The fraction of sp³-hybridized carbons (Fsp3) is 0.167. The van der Waals surface area contributed by atoms with E-state index in [1.807, 2.05) is 0 Å². The van der Waals surface area contributed by atoms with E-state index in [4.69, 9.17) is 9.90 Å². The number of carbonyl (C=O) groups excluding carboxylic acids is 3. The topological polar surface area (TPSA) is 97.3 Å². The molecule has 0 aromatic rings. The van der Waals surface area contributed by atoms with E-state index in [1.165, 1.54) is 0 Å². The van der Waals surface area contributed by atoms with Gasteiger partial charge >= 0.3 is 19.5 Å². The van der Waals surface area contributed by atoms with Crippen molar-refractivity contribution in [2.75, 3.05) is 0 Å². The van der Waals surface area contributed by atoms with E-state index in [0.29, 0.717) is 0 Å². The quantitative estimate of drug-likeness (QED) is 0.287. The molecular weight excluding hydrogens is 217 g/mol. The van der Waals surface area contributed by atoms with Gasteiger partial charge in [0.2, 0.25) is 0 Å². The maximum Gasteiger partial charge on any atom is 2.00 e. The van der Waals surface area contributed by atoms with Crippen molar-refractivity contribution in [3.63, 3.8) is 0 Å². The van der Waals surface area contributed by atoms with E-state index in [2.05, 4.69) is 6.58 Å². The summed E-state index contributed by atoms with van der Waals surface area (Å²) >= 11 is 0. The molecule has 0 heterocycles. The molecule has 0 saturated heterocycles. The van der Waals surface area contributed by atoms with Gasteiger partial charge in [-0.05, 0) is 6.08 Å². The number of ketones is 1. The number of aliphatic carboxylic acids is 2. The van der Waals surface area contributed by atoms with Crippen LogP contribution in [0.1, 0.15) is 6.92 Å². The molecule has 0 fully saturated rings. The Kier molecular flexibility index (Phi) is 14.3. The smallest absolute Gasteiger partial charge is 0.545 e. The van der Waals surface area contributed by atoms with Crippen molar-refractivity contribution in [2.24, 2.45) is 0 Å². The van der Waals surface area contributed by atoms with Crippen molar-refractivity contribution in [1.82, 2.24) is 0 Å². The third kappa shape index (κ3) is 23.1. The summed E-state index contributed by atoms with van der Waals surface area (Å²) < 4.78 is 0. The predicted molar refractivity (Wildman–Crippen MR) is 30.9 cm³/mol. The van der Waals surface area contributed by atoms with Gasteiger partial charge in [-0.3, -0.25) is 4.79 Å². The first-order valence-corrected chi connectivity index (χ1v) is 2.47. The van der Waals surface area contributed by atoms with Crippen LogP contribution in [-0.4, -0.2) is 17.7 Å². The largest absolute Gasteiger partial charge is 2.00 e. The Balaban J connectivity index is -0.000000126. The number of rotatable bonds is 2. The van der Waals surface area contributed by atoms with Crippen molar-refractivity contribution in [1.29, 1.82) is 0 Å². The minimum absolute atomic E-state index is 0. The summed E-state index contributed by atoms with van der Waals surface area (Å²) in [4.78, 5) is 27.9. The molecular formula is C6H6O5Zn. The van der Waals surface area contributed by atoms with E-state index in [-0.39, 0.29) is 19.5 Å². The van der Waals surface area contributed by atoms with Gasteiger partial charge in [-0.2, -0.15) is 0 Å². The zero-order valence-corrected chi connectivity index (χ0v) is 9.50. The molecule has 0 unspecified atom stereocenters. The van der Waals surface area contributed by atoms with Crippen LogP contribution < -0.4 is 10.2 Å². The van der Waals surface area contributed by atoms with Crippen LogP contribution in [0.15, 0.2) is 12.7 Å². The Morgan fingerprint density at radius 1 is 1.25 bits per heavy atom. The van der Waals surface area contributed by atoms with Crippen LogP contribution in [-0.2, 0) is 33.9 Å².